The standard InChI is InChI=1S/C11H7F3N4O2/c12-11(13,14)7-1-2-8(17-10(19)20)6-5-16-18(4-3-15)9(6)7/h1-2,5,17H,4H2,(H,19,20). The number of hydrogen-bond donors (Lipinski definition) is 2. The molecular weight excluding hydrogens is 277 g/mol. The first kappa shape index (κ1) is 13.7. The quantitative estimate of drug-likeness (QED) is 0.886. The molecule has 0 radical (unpaired) electrons. The first-order chi connectivity index (χ1) is 9.34. The molecule has 0 fully saturated rings. The number of halogens is 3. The van der Waals surface area contributed by atoms with Gasteiger partial charge in [-0.1, -0.05) is 0 Å². The van der Waals surface area contributed by atoms with Gasteiger partial charge in [0, 0.05) is 5.39 Å². The molecule has 0 spiro atoms. The summed E-state index contributed by atoms with van der Waals surface area (Å²) in [6, 6.07) is 3.46. The molecule has 0 aliphatic rings. The molecule has 2 N–H and O–H groups in total. The number of carboxylic acid groups (broad SMARTS) is 1. The monoisotopic (exact) mass is 284 g/mol. The van der Waals surface area contributed by atoms with Gasteiger partial charge in [-0.3, -0.25) is 5.32 Å². The number of aromatic nitrogens is 2. The fourth-order valence-electron chi connectivity index (χ4n) is 1.84. The van der Waals surface area contributed by atoms with Crippen LogP contribution in [-0.2, 0) is 12.7 Å². The molecule has 1 aromatic carbocycles. The third-order valence-electron chi connectivity index (χ3n) is 2.57. The smallest absolute Gasteiger partial charge is 0.418 e. The summed E-state index contributed by atoms with van der Waals surface area (Å²) in [5.41, 5.74) is -1.33. The number of nitriles is 1. The largest absolute Gasteiger partial charge is 0.465 e. The number of fused-ring (bicyclic) bond motifs is 1. The number of nitrogens with zero attached hydrogens (tertiary/aromatic N) is 3. The van der Waals surface area contributed by atoms with Crippen molar-refractivity contribution >= 4 is 22.7 Å². The predicted octanol–water partition coefficient (Wildman–Crippen LogP) is 2.67. The van der Waals surface area contributed by atoms with E-state index in [2.05, 4.69) is 5.10 Å². The normalized spacial score (nSPS) is 11.3. The second-order valence-corrected chi connectivity index (χ2v) is 3.81. The molecule has 0 atom stereocenters. The molecule has 0 unspecified atom stereocenters. The first-order valence-corrected chi connectivity index (χ1v) is 5.27. The van der Waals surface area contributed by atoms with Gasteiger partial charge in [0.25, 0.3) is 0 Å². The maximum atomic E-state index is 12.9. The van der Waals surface area contributed by atoms with Crippen molar-refractivity contribution in [2.75, 3.05) is 5.32 Å². The summed E-state index contributed by atoms with van der Waals surface area (Å²) in [5, 5.41) is 22.9. The summed E-state index contributed by atoms with van der Waals surface area (Å²) >= 11 is 0. The number of rotatable bonds is 2. The predicted molar refractivity (Wildman–Crippen MR) is 62.0 cm³/mol. The fourth-order valence-corrected chi connectivity index (χ4v) is 1.84. The number of hydrogen-bond acceptors (Lipinski definition) is 3. The SMILES string of the molecule is N#CCn1ncc2c(NC(=O)O)ccc(C(F)(F)F)c21. The summed E-state index contributed by atoms with van der Waals surface area (Å²) < 4.78 is 39.7. The van der Waals surface area contributed by atoms with E-state index in [0.29, 0.717) is 0 Å². The Balaban J connectivity index is 2.74. The Morgan fingerprint density at radius 1 is 1.50 bits per heavy atom. The van der Waals surface area contributed by atoms with Crippen LogP contribution in [-0.4, -0.2) is 21.0 Å². The molecule has 1 aromatic heterocycles. The van der Waals surface area contributed by atoms with Gasteiger partial charge >= 0.3 is 12.3 Å². The Morgan fingerprint density at radius 2 is 2.20 bits per heavy atom. The van der Waals surface area contributed by atoms with Crippen molar-refractivity contribution in [1.29, 1.82) is 5.26 Å². The Labute approximate surface area is 110 Å². The van der Waals surface area contributed by atoms with Crippen LogP contribution in [0.2, 0.25) is 0 Å². The second kappa shape index (κ2) is 4.73. The molecule has 104 valence electrons. The third kappa shape index (κ3) is 2.35. The first-order valence-electron chi connectivity index (χ1n) is 5.27. The fraction of sp³-hybridized carbons (Fsp3) is 0.182. The summed E-state index contributed by atoms with van der Waals surface area (Å²) in [7, 11) is 0. The molecule has 0 saturated heterocycles. The van der Waals surface area contributed by atoms with Crippen molar-refractivity contribution < 1.29 is 23.1 Å². The van der Waals surface area contributed by atoms with Crippen LogP contribution in [0.5, 0.6) is 0 Å². The third-order valence-corrected chi connectivity index (χ3v) is 2.57. The molecule has 0 aliphatic heterocycles. The molecule has 0 bridgehead atoms. The van der Waals surface area contributed by atoms with Gasteiger partial charge in [-0.25, -0.2) is 9.48 Å². The topological polar surface area (TPSA) is 90.9 Å². The summed E-state index contributed by atoms with van der Waals surface area (Å²) in [4.78, 5) is 10.6. The van der Waals surface area contributed by atoms with Crippen LogP contribution in [0.4, 0.5) is 23.7 Å². The Hall–Kier alpha value is -2.76. The number of amides is 1. The van der Waals surface area contributed by atoms with E-state index in [9.17, 15) is 18.0 Å². The van der Waals surface area contributed by atoms with E-state index in [0.717, 1.165) is 23.0 Å². The minimum Gasteiger partial charge on any atom is -0.465 e. The summed E-state index contributed by atoms with van der Waals surface area (Å²) in [6.45, 7) is -0.372. The van der Waals surface area contributed by atoms with Gasteiger partial charge in [-0.15, -0.1) is 0 Å². The van der Waals surface area contributed by atoms with Crippen molar-refractivity contribution in [3.63, 3.8) is 0 Å². The maximum absolute atomic E-state index is 12.9. The van der Waals surface area contributed by atoms with E-state index >= 15 is 0 Å². The molecule has 9 heteroatoms. The molecular formula is C11H7F3N4O2. The van der Waals surface area contributed by atoms with E-state index in [4.69, 9.17) is 10.4 Å². The molecule has 0 saturated carbocycles. The highest BCUT2D eigenvalue weighted by Gasteiger charge is 2.34. The van der Waals surface area contributed by atoms with Gasteiger partial charge < -0.3 is 5.11 Å². The van der Waals surface area contributed by atoms with E-state index in [1.54, 1.807) is 6.07 Å². The van der Waals surface area contributed by atoms with Crippen LogP contribution in [0.1, 0.15) is 5.56 Å². The molecule has 1 amide bonds. The van der Waals surface area contributed by atoms with Crippen LogP contribution in [0.25, 0.3) is 10.9 Å². The Bertz CT molecular complexity index is 715. The highest BCUT2D eigenvalue weighted by atomic mass is 19.4. The highest BCUT2D eigenvalue weighted by Crippen LogP contribution is 2.37. The zero-order valence-electron chi connectivity index (χ0n) is 9.77. The van der Waals surface area contributed by atoms with Crippen LogP contribution < -0.4 is 5.32 Å². The summed E-state index contributed by atoms with van der Waals surface area (Å²) in [6.07, 6.45) is -4.94. The zero-order chi connectivity index (χ0) is 14.9. The average molecular weight is 284 g/mol. The van der Waals surface area contributed by atoms with Crippen LogP contribution in [0.15, 0.2) is 18.3 Å². The van der Waals surface area contributed by atoms with Gasteiger partial charge in [0.15, 0.2) is 0 Å². The lowest BCUT2D eigenvalue weighted by atomic mass is 10.1. The van der Waals surface area contributed by atoms with Crippen molar-refractivity contribution in [2.24, 2.45) is 0 Å². The number of nitrogens with one attached hydrogen (secondary N) is 1. The average Bonchev–Trinajstić information content (AvgIpc) is 2.72. The van der Waals surface area contributed by atoms with Gasteiger partial charge in [0.05, 0.1) is 29.0 Å². The van der Waals surface area contributed by atoms with E-state index in [1.165, 1.54) is 0 Å². The van der Waals surface area contributed by atoms with Crippen molar-refractivity contribution in [2.45, 2.75) is 12.7 Å². The van der Waals surface area contributed by atoms with Gasteiger partial charge in [0.2, 0.25) is 0 Å². The minimum absolute atomic E-state index is 0.0162. The Morgan fingerprint density at radius 3 is 2.75 bits per heavy atom. The molecule has 6 nitrogen and oxygen atoms in total. The van der Waals surface area contributed by atoms with E-state index in [-0.39, 0.29) is 23.1 Å². The Kier molecular flexibility index (Phi) is 3.23. The number of anilines is 1. The maximum Gasteiger partial charge on any atom is 0.418 e. The van der Waals surface area contributed by atoms with Crippen LogP contribution >= 0.6 is 0 Å². The van der Waals surface area contributed by atoms with Crippen LogP contribution in [0, 0.1) is 11.3 Å². The lowest BCUT2D eigenvalue weighted by Crippen LogP contribution is -2.12. The number of benzene rings is 1. The zero-order valence-corrected chi connectivity index (χ0v) is 9.77. The molecule has 0 aliphatic carbocycles. The number of carbonyl (C=O) groups is 1. The van der Waals surface area contributed by atoms with Crippen LogP contribution in [0.3, 0.4) is 0 Å². The van der Waals surface area contributed by atoms with E-state index < -0.39 is 17.8 Å². The van der Waals surface area contributed by atoms with Gasteiger partial charge in [-0.05, 0) is 12.1 Å². The lowest BCUT2D eigenvalue weighted by Gasteiger charge is -2.12. The molecule has 2 rings (SSSR count). The molecule has 20 heavy (non-hydrogen) atoms. The molecule has 1 heterocycles. The van der Waals surface area contributed by atoms with Crippen molar-refractivity contribution in [1.82, 2.24) is 9.78 Å². The summed E-state index contributed by atoms with van der Waals surface area (Å²) in [5.74, 6) is 0. The lowest BCUT2D eigenvalue weighted by molar-refractivity contribution is -0.136. The van der Waals surface area contributed by atoms with E-state index in [1.807, 2.05) is 5.32 Å². The second-order valence-electron chi connectivity index (χ2n) is 3.81. The molecule has 2 aromatic rings. The van der Waals surface area contributed by atoms with Crippen molar-refractivity contribution in [3.8, 4) is 6.07 Å². The van der Waals surface area contributed by atoms with Crippen molar-refractivity contribution in [3.05, 3.63) is 23.9 Å². The minimum atomic E-state index is -4.63. The highest BCUT2D eigenvalue weighted by molar-refractivity contribution is 5.99. The van der Waals surface area contributed by atoms with Gasteiger partial charge in [-0.2, -0.15) is 23.5 Å². The van der Waals surface area contributed by atoms with Gasteiger partial charge in [0.1, 0.15) is 6.54 Å². The number of alkyl halides is 3.